The van der Waals surface area contributed by atoms with Gasteiger partial charge in [0.25, 0.3) is 0 Å². The zero-order valence-corrected chi connectivity index (χ0v) is 13.5. The van der Waals surface area contributed by atoms with Crippen molar-refractivity contribution in [3.8, 4) is 0 Å². The van der Waals surface area contributed by atoms with Gasteiger partial charge >= 0.3 is 0 Å². The van der Waals surface area contributed by atoms with Crippen LogP contribution in [-0.2, 0) is 16.4 Å². The second-order valence-electron chi connectivity index (χ2n) is 4.63. The maximum Gasteiger partial charge on any atom is 0.0575 e. The summed E-state index contributed by atoms with van der Waals surface area (Å²) in [6.07, 6.45) is -1.92. The maximum absolute atomic E-state index is 13.4. The SMILES string of the molecule is CP(C)(=S)[N-]P(=O)(c1ccccc1)c1ccccc1. The van der Waals surface area contributed by atoms with Gasteiger partial charge in [-0.25, -0.2) is 0 Å². The van der Waals surface area contributed by atoms with E-state index in [1.54, 1.807) is 0 Å². The minimum absolute atomic E-state index is 0.749. The fraction of sp³-hybridized carbons (Fsp3) is 0.143. The van der Waals surface area contributed by atoms with E-state index < -0.39 is 13.5 Å². The standard InChI is InChI=1S/C14H16NOP2S/c1-17(2,19)15-18(16,13-9-5-3-6-10-13)14-11-7-4-8-12-14/h3-12H,1-2H3/q-1. The van der Waals surface area contributed by atoms with Gasteiger partial charge in [-0.05, 0) is 10.6 Å². The molecule has 0 saturated carbocycles. The normalized spacial score (nSPS) is 12.3. The van der Waals surface area contributed by atoms with Gasteiger partial charge in [0.15, 0.2) is 0 Å². The van der Waals surface area contributed by atoms with Crippen LogP contribution in [0.4, 0.5) is 0 Å². The van der Waals surface area contributed by atoms with Crippen molar-refractivity contribution in [1.29, 1.82) is 0 Å². The molecular formula is C14H16NOP2S-. The maximum atomic E-state index is 13.4. The van der Waals surface area contributed by atoms with Crippen LogP contribution in [0.5, 0.6) is 0 Å². The minimum atomic E-state index is -2.98. The lowest BCUT2D eigenvalue weighted by Crippen LogP contribution is -2.14. The van der Waals surface area contributed by atoms with E-state index in [-0.39, 0.29) is 0 Å². The average molecular weight is 308 g/mol. The highest BCUT2D eigenvalue weighted by Crippen LogP contribution is 2.65. The Hall–Kier alpha value is -0.720. The predicted molar refractivity (Wildman–Crippen MR) is 89.3 cm³/mol. The molecule has 0 bridgehead atoms. The first-order valence-corrected chi connectivity index (χ1v) is 11.2. The number of rotatable bonds is 4. The topological polar surface area (TPSA) is 31.2 Å². The molecule has 0 saturated heterocycles. The lowest BCUT2D eigenvalue weighted by molar-refractivity contribution is 0.592. The van der Waals surface area contributed by atoms with Crippen LogP contribution in [0.3, 0.4) is 0 Å². The van der Waals surface area contributed by atoms with Crippen molar-refractivity contribution in [1.82, 2.24) is 0 Å². The molecule has 2 nitrogen and oxygen atoms in total. The van der Waals surface area contributed by atoms with Crippen molar-refractivity contribution in [3.05, 3.63) is 65.5 Å². The van der Waals surface area contributed by atoms with Crippen LogP contribution in [-0.4, -0.2) is 13.3 Å². The summed E-state index contributed by atoms with van der Waals surface area (Å²) in [6, 6.07) is 18.8. The first kappa shape index (κ1) is 14.7. The number of hydrogen-bond acceptors (Lipinski definition) is 2. The number of benzene rings is 2. The first-order valence-electron chi connectivity index (χ1n) is 5.93. The monoisotopic (exact) mass is 308 g/mol. The lowest BCUT2D eigenvalue weighted by atomic mass is 10.4. The molecule has 2 aromatic carbocycles. The van der Waals surface area contributed by atoms with Crippen molar-refractivity contribution >= 4 is 35.9 Å². The zero-order chi connectivity index (χ0) is 13.9. The van der Waals surface area contributed by atoms with Crippen LogP contribution >= 0.6 is 13.5 Å². The summed E-state index contributed by atoms with van der Waals surface area (Å²) in [7, 11) is -2.98. The van der Waals surface area contributed by atoms with Gasteiger partial charge in [-0.3, -0.25) is 0 Å². The van der Waals surface area contributed by atoms with E-state index in [1.807, 2.05) is 74.0 Å². The van der Waals surface area contributed by atoms with Gasteiger partial charge < -0.3 is 9.42 Å². The van der Waals surface area contributed by atoms with E-state index in [2.05, 4.69) is 4.86 Å². The summed E-state index contributed by atoms with van der Waals surface area (Å²) in [5, 5.41) is 1.50. The molecule has 0 atom stereocenters. The lowest BCUT2D eigenvalue weighted by Gasteiger charge is -2.39. The summed E-state index contributed by atoms with van der Waals surface area (Å²) in [5.74, 6) is 0. The van der Waals surface area contributed by atoms with Crippen LogP contribution < -0.4 is 10.6 Å². The van der Waals surface area contributed by atoms with E-state index in [0.29, 0.717) is 0 Å². The minimum Gasteiger partial charge on any atom is -0.560 e. The van der Waals surface area contributed by atoms with Crippen LogP contribution in [0.2, 0.25) is 0 Å². The van der Waals surface area contributed by atoms with Crippen LogP contribution in [0.25, 0.3) is 4.86 Å². The summed E-state index contributed by atoms with van der Waals surface area (Å²) >= 11 is 5.41. The molecule has 0 amide bonds. The van der Waals surface area contributed by atoms with Crippen molar-refractivity contribution in [2.45, 2.75) is 0 Å². The molecule has 0 fully saturated rings. The van der Waals surface area contributed by atoms with Crippen molar-refractivity contribution in [2.24, 2.45) is 0 Å². The van der Waals surface area contributed by atoms with E-state index in [4.69, 9.17) is 11.8 Å². The Morgan fingerprint density at radius 2 is 1.21 bits per heavy atom. The molecule has 0 spiro atoms. The third-order valence-corrected chi connectivity index (χ3v) is 7.94. The Labute approximate surface area is 119 Å². The van der Waals surface area contributed by atoms with Crippen molar-refractivity contribution < 1.29 is 4.57 Å². The largest absolute Gasteiger partial charge is 0.560 e. The second-order valence-corrected chi connectivity index (χ2v) is 12.8. The Morgan fingerprint density at radius 1 is 0.842 bits per heavy atom. The van der Waals surface area contributed by atoms with E-state index in [1.165, 1.54) is 0 Å². The molecule has 2 rings (SSSR count). The van der Waals surface area contributed by atoms with Gasteiger partial charge in [-0.15, -0.1) is 18.0 Å². The first-order chi connectivity index (χ1) is 8.92. The Morgan fingerprint density at radius 3 is 1.53 bits per heavy atom. The molecule has 0 radical (unpaired) electrons. The highest BCUT2D eigenvalue weighted by atomic mass is 32.4. The summed E-state index contributed by atoms with van der Waals surface area (Å²) in [4.78, 5) is 4.56. The second kappa shape index (κ2) is 5.73. The fourth-order valence-electron chi connectivity index (χ4n) is 1.82. The molecule has 0 N–H and O–H groups in total. The number of nitrogens with zero attached hydrogens (tertiary/aromatic N) is 1. The molecular weight excluding hydrogens is 292 g/mol. The van der Waals surface area contributed by atoms with Crippen LogP contribution in [0, 0.1) is 0 Å². The Bertz CT molecular complexity index is 594. The third kappa shape index (κ3) is 3.64. The molecule has 19 heavy (non-hydrogen) atoms. The molecule has 0 aliphatic heterocycles. The molecule has 0 aromatic heterocycles. The highest BCUT2D eigenvalue weighted by molar-refractivity contribution is 8.19. The molecule has 5 heteroatoms. The summed E-state index contributed by atoms with van der Waals surface area (Å²) in [5.41, 5.74) is 0. The van der Waals surface area contributed by atoms with Gasteiger partial charge in [0.1, 0.15) is 0 Å². The van der Waals surface area contributed by atoms with Crippen LogP contribution in [0.15, 0.2) is 60.7 Å². The van der Waals surface area contributed by atoms with Gasteiger partial charge in [-0.1, -0.05) is 74.0 Å². The zero-order valence-electron chi connectivity index (χ0n) is 10.9. The predicted octanol–water partition coefficient (Wildman–Crippen LogP) is 3.94. The van der Waals surface area contributed by atoms with Gasteiger partial charge in [0.05, 0.1) is 7.29 Å². The Kier molecular flexibility index (Phi) is 4.43. The highest BCUT2D eigenvalue weighted by Gasteiger charge is 2.18. The van der Waals surface area contributed by atoms with E-state index in [9.17, 15) is 4.57 Å². The molecule has 100 valence electrons. The van der Waals surface area contributed by atoms with Gasteiger partial charge in [0, 0.05) is 0 Å². The molecule has 2 aromatic rings. The summed E-state index contributed by atoms with van der Waals surface area (Å²) < 4.78 is 13.4. The average Bonchev–Trinajstić information content (AvgIpc) is 2.39. The van der Waals surface area contributed by atoms with Crippen molar-refractivity contribution in [2.75, 3.05) is 13.3 Å². The Balaban J connectivity index is 2.58. The smallest absolute Gasteiger partial charge is 0.0575 e. The molecule has 0 heterocycles. The van der Waals surface area contributed by atoms with Gasteiger partial charge in [0.2, 0.25) is 0 Å². The van der Waals surface area contributed by atoms with E-state index >= 15 is 0 Å². The fourth-order valence-corrected chi connectivity index (χ4v) is 7.44. The quantitative estimate of drug-likeness (QED) is 0.801. The summed E-state index contributed by atoms with van der Waals surface area (Å²) in [6.45, 7) is 3.81. The van der Waals surface area contributed by atoms with Gasteiger partial charge in [-0.2, -0.15) is 0 Å². The van der Waals surface area contributed by atoms with Crippen LogP contribution in [0.1, 0.15) is 0 Å². The van der Waals surface area contributed by atoms with Crippen molar-refractivity contribution in [3.63, 3.8) is 0 Å². The molecule has 0 aliphatic carbocycles. The number of hydrogen-bond donors (Lipinski definition) is 0. The molecule has 0 unspecified atom stereocenters. The van der Waals surface area contributed by atoms with E-state index in [0.717, 1.165) is 10.6 Å². The molecule has 0 aliphatic rings. The third-order valence-electron chi connectivity index (χ3n) is 2.55.